The van der Waals surface area contributed by atoms with Crippen LogP contribution in [0.25, 0.3) is 10.9 Å². The summed E-state index contributed by atoms with van der Waals surface area (Å²) in [5, 5.41) is 3.25. The third-order valence-electron chi connectivity index (χ3n) is 4.94. The number of carbonyl (C=O) groups is 1. The molecule has 5 rings (SSSR count). The molecule has 1 aromatic heterocycles. The highest BCUT2D eigenvalue weighted by Crippen LogP contribution is 2.34. The summed E-state index contributed by atoms with van der Waals surface area (Å²) in [5.74, 6) is 0.454. The van der Waals surface area contributed by atoms with Gasteiger partial charge >= 0.3 is 6.15 Å². The Morgan fingerprint density at radius 2 is 1.41 bits per heavy atom. The highest BCUT2D eigenvalue weighted by molar-refractivity contribution is 6.37. The lowest BCUT2D eigenvalue weighted by Gasteiger charge is -2.06. The molecule has 2 aliphatic rings. The van der Waals surface area contributed by atoms with Crippen LogP contribution in [0.2, 0.25) is 15.1 Å². The zero-order valence-corrected chi connectivity index (χ0v) is 19.6. The maximum atomic E-state index is 10.2. The van der Waals surface area contributed by atoms with Crippen molar-refractivity contribution < 1.29 is 14.4 Å². The minimum Gasteiger partial charge on any atom is -0.399 e. The number of anilines is 1. The highest BCUT2D eigenvalue weighted by atomic mass is 35.5. The monoisotopic (exact) mass is 492 g/mol. The largest absolute Gasteiger partial charge is 0.399 e. The van der Waals surface area contributed by atoms with Crippen molar-refractivity contribution in [3.63, 3.8) is 0 Å². The first-order valence-corrected chi connectivity index (χ1v) is 11.3. The molecule has 1 saturated carbocycles. The molecule has 0 bridgehead atoms. The van der Waals surface area contributed by atoms with Crippen molar-refractivity contribution in [2.45, 2.75) is 44.9 Å². The maximum Gasteiger partial charge on any atom is 0.373 e. The van der Waals surface area contributed by atoms with Gasteiger partial charge in [0.05, 0.1) is 10.5 Å². The summed E-state index contributed by atoms with van der Waals surface area (Å²) in [6.45, 7) is 0. The van der Waals surface area contributed by atoms with Gasteiger partial charge in [0.1, 0.15) is 5.78 Å². The Hall–Kier alpha value is -2.43. The molecule has 0 spiro atoms. The normalized spacial score (nSPS) is 13.5. The second kappa shape index (κ2) is 13.2. The zero-order chi connectivity index (χ0) is 23.5. The van der Waals surface area contributed by atoms with Crippen LogP contribution in [-0.2, 0) is 27.2 Å². The lowest BCUT2D eigenvalue weighted by molar-refractivity contribution is -0.191. The van der Waals surface area contributed by atoms with Crippen molar-refractivity contribution in [2.75, 3.05) is 5.73 Å². The van der Waals surface area contributed by atoms with Crippen molar-refractivity contribution in [2.24, 2.45) is 0 Å². The summed E-state index contributed by atoms with van der Waals surface area (Å²) < 4.78 is 0. The molecule has 0 radical (unpaired) electrons. The molecule has 3 aromatic rings. The van der Waals surface area contributed by atoms with Crippen LogP contribution in [0.4, 0.5) is 5.69 Å². The molecule has 2 aliphatic carbocycles. The number of hydrogen-bond donors (Lipinski definition) is 1. The quantitative estimate of drug-likeness (QED) is 0.361. The number of halogens is 3. The van der Waals surface area contributed by atoms with E-state index in [0.717, 1.165) is 77.3 Å². The molecule has 1 fully saturated rings. The second-order valence-electron chi connectivity index (χ2n) is 7.25. The predicted octanol–water partition coefficient (Wildman–Crippen LogP) is 6.50. The van der Waals surface area contributed by atoms with Gasteiger partial charge < -0.3 is 5.73 Å². The fourth-order valence-electron chi connectivity index (χ4n) is 3.41. The Bertz CT molecular complexity index is 1070. The first-order valence-electron chi connectivity index (χ1n) is 10.1. The van der Waals surface area contributed by atoms with Gasteiger partial charge in [-0.3, -0.25) is 9.78 Å². The Balaban J connectivity index is 0.000000180. The zero-order valence-electron chi connectivity index (χ0n) is 17.4. The van der Waals surface area contributed by atoms with E-state index < -0.39 is 0 Å². The number of aromatic nitrogens is 1. The van der Waals surface area contributed by atoms with Crippen LogP contribution < -0.4 is 5.73 Å². The molecular formula is C24H23Cl3N2O3. The van der Waals surface area contributed by atoms with Gasteiger partial charge in [-0.15, -0.1) is 0 Å². The van der Waals surface area contributed by atoms with Crippen LogP contribution in [0.3, 0.4) is 0 Å². The lowest BCUT2D eigenvalue weighted by atomic mass is 10.1. The van der Waals surface area contributed by atoms with E-state index in [0.29, 0.717) is 10.8 Å². The van der Waals surface area contributed by atoms with Crippen LogP contribution in [0.15, 0.2) is 42.5 Å². The molecule has 1 heterocycles. The number of hydrogen-bond acceptors (Lipinski definition) is 5. The Morgan fingerprint density at radius 1 is 0.812 bits per heavy atom. The van der Waals surface area contributed by atoms with Crippen LogP contribution in [0, 0.1) is 0 Å². The molecule has 2 N–H and O–H groups in total. The molecule has 5 nitrogen and oxygen atoms in total. The van der Waals surface area contributed by atoms with Gasteiger partial charge in [-0.1, -0.05) is 34.8 Å². The standard InChI is InChI=1S/C12H9Cl2N.C6H6ClN.C5H8O.CO2/c13-7-4-5-11-9(6-7)12(14)8-2-1-3-10(8)15-11;7-5-1-3-6(8)4-2-5;6-5-3-1-2-4-5;2-1-3/h4-6H,1-3H2;1-4H,8H2;1-4H2;. The molecule has 0 saturated heterocycles. The van der Waals surface area contributed by atoms with Gasteiger partial charge in [0.2, 0.25) is 0 Å². The number of nitrogens with two attached hydrogens (primary N) is 1. The third-order valence-corrected chi connectivity index (χ3v) is 5.85. The number of fused-ring (bicyclic) bond motifs is 2. The van der Waals surface area contributed by atoms with Crippen LogP contribution >= 0.6 is 34.8 Å². The number of nitrogens with zero attached hydrogens (tertiary/aromatic N) is 1. The highest BCUT2D eigenvalue weighted by Gasteiger charge is 2.18. The molecule has 32 heavy (non-hydrogen) atoms. The lowest BCUT2D eigenvalue weighted by Crippen LogP contribution is -1.91. The van der Waals surface area contributed by atoms with Gasteiger partial charge in [0, 0.05) is 39.7 Å². The first kappa shape index (κ1) is 25.8. The maximum absolute atomic E-state index is 10.2. The van der Waals surface area contributed by atoms with Crippen molar-refractivity contribution >= 4 is 63.3 Å². The van der Waals surface area contributed by atoms with Crippen LogP contribution in [0.1, 0.15) is 43.4 Å². The van der Waals surface area contributed by atoms with E-state index in [-0.39, 0.29) is 6.15 Å². The Morgan fingerprint density at radius 3 is 1.94 bits per heavy atom. The summed E-state index contributed by atoms with van der Waals surface area (Å²) in [5.41, 5.74) is 9.44. The van der Waals surface area contributed by atoms with Gasteiger partial charge in [-0.05, 0) is 80.1 Å². The van der Waals surface area contributed by atoms with E-state index in [2.05, 4.69) is 4.98 Å². The van der Waals surface area contributed by atoms with E-state index in [4.69, 9.17) is 50.1 Å². The number of benzene rings is 2. The van der Waals surface area contributed by atoms with E-state index in [9.17, 15) is 4.79 Å². The summed E-state index contributed by atoms with van der Waals surface area (Å²) >= 11 is 17.9. The smallest absolute Gasteiger partial charge is 0.373 e. The molecule has 0 aliphatic heterocycles. The molecule has 0 amide bonds. The fourth-order valence-corrected chi connectivity index (χ4v) is 4.06. The second-order valence-corrected chi connectivity index (χ2v) is 8.50. The first-order chi connectivity index (χ1) is 15.3. The average Bonchev–Trinajstić information content (AvgIpc) is 3.44. The van der Waals surface area contributed by atoms with Crippen molar-refractivity contribution in [3.05, 3.63) is 68.8 Å². The predicted molar refractivity (Wildman–Crippen MR) is 128 cm³/mol. The van der Waals surface area contributed by atoms with Crippen molar-refractivity contribution in [1.82, 2.24) is 4.98 Å². The van der Waals surface area contributed by atoms with Gasteiger partial charge in [0.15, 0.2) is 0 Å². The number of ketones is 1. The minimum atomic E-state index is 0.250. The number of rotatable bonds is 0. The Labute approximate surface area is 201 Å². The number of aryl methyl sites for hydroxylation is 1. The Kier molecular flexibility index (Phi) is 10.6. The van der Waals surface area contributed by atoms with E-state index >= 15 is 0 Å². The third kappa shape index (κ3) is 7.92. The fraction of sp³-hybridized carbons (Fsp3) is 0.292. The number of Topliss-reactive ketones (excluding diaryl/α,β-unsaturated/α-hetero) is 1. The summed E-state index contributed by atoms with van der Waals surface area (Å²) in [4.78, 5) is 31.1. The molecule has 168 valence electrons. The van der Waals surface area contributed by atoms with Crippen molar-refractivity contribution in [1.29, 1.82) is 0 Å². The number of nitrogen functional groups attached to an aromatic ring is 1. The number of pyridine rings is 1. The van der Waals surface area contributed by atoms with E-state index in [1.807, 2.05) is 18.2 Å². The van der Waals surface area contributed by atoms with Crippen molar-refractivity contribution in [3.8, 4) is 0 Å². The molecular weight excluding hydrogens is 471 g/mol. The van der Waals surface area contributed by atoms with E-state index in [1.165, 1.54) is 5.56 Å². The van der Waals surface area contributed by atoms with Gasteiger partial charge in [-0.2, -0.15) is 9.59 Å². The molecule has 0 unspecified atom stereocenters. The summed E-state index contributed by atoms with van der Waals surface area (Å²) in [6.07, 6.45) is 7.47. The van der Waals surface area contributed by atoms with Gasteiger partial charge in [0.25, 0.3) is 0 Å². The molecule has 0 atom stereocenters. The molecule has 8 heteroatoms. The van der Waals surface area contributed by atoms with E-state index in [1.54, 1.807) is 24.3 Å². The SMILES string of the molecule is Clc1ccc2nc3c(c(Cl)c2c1)CCC3.Nc1ccc(Cl)cc1.O=C1CCCC1.O=C=O. The topological polar surface area (TPSA) is 90.1 Å². The average molecular weight is 494 g/mol. The minimum absolute atomic E-state index is 0.250. The summed E-state index contributed by atoms with van der Waals surface area (Å²) in [6, 6.07) is 12.7. The van der Waals surface area contributed by atoms with Gasteiger partial charge in [-0.25, -0.2) is 0 Å². The molecule has 2 aromatic carbocycles. The number of carbonyl (C=O) groups excluding carboxylic acids is 3. The van der Waals surface area contributed by atoms with Crippen LogP contribution in [0.5, 0.6) is 0 Å². The summed E-state index contributed by atoms with van der Waals surface area (Å²) in [7, 11) is 0. The van der Waals surface area contributed by atoms with Crippen LogP contribution in [-0.4, -0.2) is 16.9 Å².